The lowest BCUT2D eigenvalue weighted by molar-refractivity contribution is 0.174. The summed E-state index contributed by atoms with van der Waals surface area (Å²) in [5, 5.41) is 3.34. The molecule has 24 heavy (non-hydrogen) atoms. The second-order valence-corrected chi connectivity index (χ2v) is 8.03. The normalized spacial score (nSPS) is 18.4. The van der Waals surface area contributed by atoms with Crippen LogP contribution in [0, 0.1) is 12.8 Å². The van der Waals surface area contributed by atoms with E-state index in [1.54, 1.807) is 23.4 Å². The molecule has 1 fully saturated rings. The SMILES string of the molecule is CCNCC1CCN(S(=O)(=O)c2cc3c(cc2C)OCO3)CC1.Cl. The summed E-state index contributed by atoms with van der Waals surface area (Å²) in [5.41, 5.74) is 0.698. The van der Waals surface area contributed by atoms with Crippen molar-refractivity contribution in [1.29, 1.82) is 0 Å². The first-order chi connectivity index (χ1) is 11.0. The van der Waals surface area contributed by atoms with E-state index in [9.17, 15) is 8.42 Å². The maximum atomic E-state index is 12.9. The van der Waals surface area contributed by atoms with Crippen LogP contribution in [0.5, 0.6) is 11.5 Å². The molecular formula is C16H25ClN2O4S. The summed E-state index contributed by atoms with van der Waals surface area (Å²) in [6.07, 6.45) is 1.80. The summed E-state index contributed by atoms with van der Waals surface area (Å²) in [4.78, 5) is 0.326. The predicted octanol–water partition coefficient (Wildman–Crippen LogP) is 2.16. The van der Waals surface area contributed by atoms with Crippen molar-refractivity contribution < 1.29 is 17.9 Å². The van der Waals surface area contributed by atoms with E-state index >= 15 is 0 Å². The van der Waals surface area contributed by atoms with Gasteiger partial charge in [0.25, 0.3) is 0 Å². The Balaban J connectivity index is 0.00000208. The number of fused-ring (bicyclic) bond motifs is 1. The Morgan fingerprint density at radius 1 is 1.21 bits per heavy atom. The maximum absolute atomic E-state index is 12.9. The number of aryl methyl sites for hydroxylation is 1. The molecule has 8 heteroatoms. The zero-order valence-corrected chi connectivity index (χ0v) is 15.7. The highest BCUT2D eigenvalue weighted by Crippen LogP contribution is 2.37. The molecule has 136 valence electrons. The molecule has 0 radical (unpaired) electrons. The van der Waals surface area contributed by atoms with Crippen molar-refractivity contribution in [3.63, 3.8) is 0 Å². The van der Waals surface area contributed by atoms with Crippen LogP contribution in [0.2, 0.25) is 0 Å². The quantitative estimate of drug-likeness (QED) is 0.852. The molecule has 0 spiro atoms. The van der Waals surface area contributed by atoms with Gasteiger partial charge < -0.3 is 14.8 Å². The lowest BCUT2D eigenvalue weighted by Crippen LogP contribution is -2.40. The monoisotopic (exact) mass is 376 g/mol. The fourth-order valence-electron chi connectivity index (χ4n) is 3.14. The highest BCUT2D eigenvalue weighted by molar-refractivity contribution is 7.89. The number of hydrogen-bond acceptors (Lipinski definition) is 5. The van der Waals surface area contributed by atoms with Gasteiger partial charge in [0.2, 0.25) is 16.8 Å². The molecular weight excluding hydrogens is 352 g/mol. The topological polar surface area (TPSA) is 67.9 Å². The molecule has 2 aliphatic rings. The van der Waals surface area contributed by atoms with Crippen molar-refractivity contribution in [2.75, 3.05) is 33.0 Å². The van der Waals surface area contributed by atoms with Gasteiger partial charge in [-0.05, 0) is 50.4 Å². The average molecular weight is 377 g/mol. The largest absolute Gasteiger partial charge is 0.454 e. The van der Waals surface area contributed by atoms with Gasteiger partial charge in [0.15, 0.2) is 11.5 Å². The summed E-state index contributed by atoms with van der Waals surface area (Å²) in [7, 11) is -3.48. The Bertz CT molecular complexity index is 673. The Kier molecular flexibility index (Phi) is 6.36. The molecule has 1 aromatic rings. The molecule has 0 amide bonds. The predicted molar refractivity (Wildman–Crippen MR) is 94.6 cm³/mol. The van der Waals surface area contributed by atoms with Crippen molar-refractivity contribution in [1.82, 2.24) is 9.62 Å². The third-order valence-electron chi connectivity index (χ3n) is 4.54. The summed E-state index contributed by atoms with van der Waals surface area (Å²) in [6.45, 7) is 7.10. The number of nitrogens with one attached hydrogen (secondary N) is 1. The highest BCUT2D eigenvalue weighted by Gasteiger charge is 2.31. The first-order valence-electron chi connectivity index (χ1n) is 8.13. The van der Waals surface area contributed by atoms with Gasteiger partial charge in [0.1, 0.15) is 0 Å². The van der Waals surface area contributed by atoms with Gasteiger partial charge in [0.05, 0.1) is 4.90 Å². The van der Waals surface area contributed by atoms with E-state index in [0.29, 0.717) is 41.0 Å². The van der Waals surface area contributed by atoms with E-state index in [0.717, 1.165) is 25.9 Å². The fourth-order valence-corrected chi connectivity index (χ4v) is 4.84. The molecule has 0 aromatic heterocycles. The Morgan fingerprint density at radius 3 is 2.46 bits per heavy atom. The molecule has 0 bridgehead atoms. The van der Waals surface area contributed by atoms with Crippen molar-refractivity contribution in [2.45, 2.75) is 31.6 Å². The van der Waals surface area contributed by atoms with E-state index in [1.807, 2.05) is 0 Å². The Hall–Kier alpha value is -1.02. The highest BCUT2D eigenvalue weighted by atomic mass is 35.5. The van der Waals surface area contributed by atoms with Crippen molar-refractivity contribution in [3.8, 4) is 11.5 Å². The van der Waals surface area contributed by atoms with Crippen LogP contribution < -0.4 is 14.8 Å². The standard InChI is InChI=1S/C16H24N2O4S.ClH/c1-3-17-10-13-4-6-18(7-5-13)23(19,20)16-9-15-14(8-12(16)2)21-11-22-15;/h8-9,13,17H,3-7,10-11H2,1-2H3;1H. The number of benzene rings is 1. The van der Waals surface area contributed by atoms with Gasteiger partial charge in [-0.2, -0.15) is 4.31 Å². The summed E-state index contributed by atoms with van der Waals surface area (Å²) in [6, 6.07) is 3.34. The minimum Gasteiger partial charge on any atom is -0.454 e. The van der Waals surface area contributed by atoms with Crippen LogP contribution in [0.4, 0.5) is 0 Å². The summed E-state index contributed by atoms with van der Waals surface area (Å²) < 4.78 is 38.1. The Morgan fingerprint density at radius 2 is 1.83 bits per heavy atom. The van der Waals surface area contributed by atoms with Crippen LogP contribution in [0.25, 0.3) is 0 Å². The van der Waals surface area contributed by atoms with Crippen LogP contribution in [-0.4, -0.2) is 45.7 Å². The molecule has 0 unspecified atom stereocenters. The van der Waals surface area contributed by atoms with Gasteiger partial charge in [-0.3, -0.25) is 0 Å². The molecule has 3 rings (SSSR count). The van der Waals surface area contributed by atoms with Crippen LogP contribution in [0.1, 0.15) is 25.3 Å². The van der Waals surface area contributed by atoms with Crippen molar-refractivity contribution in [2.24, 2.45) is 5.92 Å². The minimum absolute atomic E-state index is 0. The van der Waals surface area contributed by atoms with E-state index in [2.05, 4.69) is 12.2 Å². The molecule has 1 aromatic carbocycles. The van der Waals surface area contributed by atoms with Gasteiger partial charge in [0, 0.05) is 19.2 Å². The smallest absolute Gasteiger partial charge is 0.243 e. The number of hydrogen-bond donors (Lipinski definition) is 1. The van der Waals surface area contributed by atoms with Crippen molar-refractivity contribution >= 4 is 22.4 Å². The number of piperidine rings is 1. The van der Waals surface area contributed by atoms with Crippen LogP contribution >= 0.6 is 12.4 Å². The summed E-state index contributed by atoms with van der Waals surface area (Å²) >= 11 is 0. The van der Waals surface area contributed by atoms with Crippen molar-refractivity contribution in [3.05, 3.63) is 17.7 Å². The van der Waals surface area contributed by atoms with Crippen LogP contribution in [-0.2, 0) is 10.0 Å². The average Bonchev–Trinajstić information content (AvgIpc) is 2.99. The molecule has 0 aliphatic carbocycles. The molecule has 2 heterocycles. The second kappa shape index (κ2) is 7.91. The minimum atomic E-state index is -3.48. The molecule has 0 atom stereocenters. The maximum Gasteiger partial charge on any atom is 0.243 e. The zero-order valence-electron chi connectivity index (χ0n) is 14.1. The Labute approximate surface area is 150 Å². The number of ether oxygens (including phenoxy) is 2. The lowest BCUT2D eigenvalue weighted by atomic mass is 9.98. The first-order valence-corrected chi connectivity index (χ1v) is 9.57. The second-order valence-electron chi connectivity index (χ2n) is 6.13. The zero-order chi connectivity index (χ0) is 16.4. The number of nitrogens with zero attached hydrogens (tertiary/aromatic N) is 1. The van der Waals surface area contributed by atoms with Crippen LogP contribution in [0.15, 0.2) is 17.0 Å². The molecule has 0 saturated carbocycles. The van der Waals surface area contributed by atoms with E-state index in [4.69, 9.17) is 9.47 Å². The van der Waals surface area contributed by atoms with Gasteiger partial charge in [-0.25, -0.2) is 8.42 Å². The molecule has 2 aliphatic heterocycles. The molecule has 1 saturated heterocycles. The fraction of sp³-hybridized carbons (Fsp3) is 0.625. The van der Waals surface area contributed by atoms with E-state index in [1.165, 1.54) is 0 Å². The van der Waals surface area contributed by atoms with E-state index in [-0.39, 0.29) is 19.2 Å². The van der Waals surface area contributed by atoms with Gasteiger partial charge >= 0.3 is 0 Å². The number of rotatable bonds is 5. The van der Waals surface area contributed by atoms with Gasteiger partial charge in [-0.1, -0.05) is 6.92 Å². The third kappa shape index (κ3) is 3.79. The lowest BCUT2D eigenvalue weighted by Gasteiger charge is -2.31. The molecule has 1 N–H and O–H groups in total. The number of halogens is 1. The molecule has 6 nitrogen and oxygen atoms in total. The van der Waals surface area contributed by atoms with Crippen LogP contribution in [0.3, 0.4) is 0 Å². The summed E-state index contributed by atoms with van der Waals surface area (Å²) in [5.74, 6) is 1.68. The van der Waals surface area contributed by atoms with Gasteiger partial charge in [-0.15, -0.1) is 12.4 Å². The third-order valence-corrected chi connectivity index (χ3v) is 6.59. The van der Waals surface area contributed by atoms with E-state index < -0.39 is 10.0 Å². The number of sulfonamides is 1. The first kappa shape index (κ1) is 19.3.